The van der Waals surface area contributed by atoms with E-state index >= 15 is 0 Å². The van der Waals surface area contributed by atoms with E-state index < -0.39 is 0 Å². The van der Waals surface area contributed by atoms with Crippen molar-refractivity contribution in [3.8, 4) is 5.75 Å². The Hall–Kier alpha value is -2.59. The summed E-state index contributed by atoms with van der Waals surface area (Å²) in [6, 6.07) is 17.9. The molecule has 24 heavy (non-hydrogen) atoms. The molecule has 1 heterocycles. The zero-order valence-electron chi connectivity index (χ0n) is 12.9. The van der Waals surface area contributed by atoms with Gasteiger partial charge in [0.05, 0.1) is 5.02 Å². The molecule has 0 radical (unpaired) electrons. The smallest absolute Gasteiger partial charge is 0.131 e. The fraction of sp³-hybridized carbons (Fsp3) is 0.105. The second-order valence-electron chi connectivity index (χ2n) is 5.20. The molecule has 0 aliphatic heterocycles. The summed E-state index contributed by atoms with van der Waals surface area (Å²) in [5.74, 6) is 1.13. The molecule has 0 saturated carbocycles. The lowest BCUT2D eigenvalue weighted by Crippen LogP contribution is -2.02. The number of hydrogen-bond acceptors (Lipinski definition) is 3. The molecule has 0 atom stereocenters. The summed E-state index contributed by atoms with van der Waals surface area (Å²) >= 11 is 5.99. The molecule has 0 spiro atoms. The number of aromatic nitrogens is 1. The molecular weight excluding hydrogens is 327 g/mol. The predicted molar refractivity (Wildman–Crippen MR) is 93.7 cm³/mol. The Labute approximate surface area is 145 Å². The van der Waals surface area contributed by atoms with Crippen LogP contribution in [-0.4, -0.2) is 4.98 Å². The van der Waals surface area contributed by atoms with Gasteiger partial charge in [-0.25, -0.2) is 9.37 Å². The average molecular weight is 343 g/mol. The largest absolute Gasteiger partial charge is 0.489 e. The predicted octanol–water partition coefficient (Wildman–Crippen LogP) is 5.07. The van der Waals surface area contributed by atoms with E-state index in [1.165, 1.54) is 6.07 Å². The van der Waals surface area contributed by atoms with Crippen molar-refractivity contribution >= 4 is 17.4 Å². The molecule has 1 N–H and O–H groups in total. The average Bonchev–Trinajstić information content (AvgIpc) is 2.61. The molecule has 0 bridgehead atoms. The molecule has 122 valence electrons. The van der Waals surface area contributed by atoms with Crippen LogP contribution < -0.4 is 10.1 Å². The molecule has 0 fully saturated rings. The van der Waals surface area contributed by atoms with Gasteiger partial charge in [-0.15, -0.1) is 0 Å². The van der Waals surface area contributed by atoms with Gasteiger partial charge in [0.1, 0.15) is 24.0 Å². The third kappa shape index (κ3) is 4.24. The molecular formula is C19H16ClFN2O. The maximum atomic E-state index is 13.7. The lowest BCUT2D eigenvalue weighted by atomic mass is 10.2. The SMILES string of the molecule is Fc1cccc(Cl)c1COc1ccc(CNc2ccccn2)cc1. The summed E-state index contributed by atoms with van der Waals surface area (Å²) < 4.78 is 19.3. The van der Waals surface area contributed by atoms with Crippen LogP contribution in [0.15, 0.2) is 66.9 Å². The summed E-state index contributed by atoms with van der Waals surface area (Å²) in [7, 11) is 0. The van der Waals surface area contributed by atoms with Crippen molar-refractivity contribution in [1.29, 1.82) is 0 Å². The van der Waals surface area contributed by atoms with Crippen LogP contribution in [0, 0.1) is 5.82 Å². The fourth-order valence-corrected chi connectivity index (χ4v) is 2.41. The number of nitrogens with zero attached hydrogens (tertiary/aromatic N) is 1. The van der Waals surface area contributed by atoms with Crippen LogP contribution in [-0.2, 0) is 13.2 Å². The summed E-state index contributed by atoms with van der Waals surface area (Å²) in [6.07, 6.45) is 1.74. The number of hydrogen-bond donors (Lipinski definition) is 1. The minimum Gasteiger partial charge on any atom is -0.489 e. The third-order valence-corrected chi connectivity index (χ3v) is 3.86. The van der Waals surface area contributed by atoms with Gasteiger partial charge in [0.25, 0.3) is 0 Å². The number of anilines is 1. The van der Waals surface area contributed by atoms with Gasteiger partial charge in [0, 0.05) is 18.3 Å². The number of halogens is 2. The molecule has 2 aromatic carbocycles. The monoisotopic (exact) mass is 342 g/mol. The highest BCUT2D eigenvalue weighted by Gasteiger charge is 2.07. The summed E-state index contributed by atoms with van der Waals surface area (Å²) in [5.41, 5.74) is 1.46. The van der Waals surface area contributed by atoms with Gasteiger partial charge in [-0.1, -0.05) is 35.9 Å². The van der Waals surface area contributed by atoms with Gasteiger partial charge in [-0.2, -0.15) is 0 Å². The van der Waals surface area contributed by atoms with Crippen LogP contribution in [0.5, 0.6) is 5.75 Å². The summed E-state index contributed by atoms with van der Waals surface area (Å²) in [5, 5.41) is 3.60. The van der Waals surface area contributed by atoms with Crippen molar-refractivity contribution < 1.29 is 9.13 Å². The maximum absolute atomic E-state index is 13.7. The molecule has 3 aromatic rings. The van der Waals surface area contributed by atoms with E-state index in [1.54, 1.807) is 18.3 Å². The van der Waals surface area contributed by atoms with Gasteiger partial charge >= 0.3 is 0 Å². The molecule has 0 aliphatic carbocycles. The van der Waals surface area contributed by atoms with E-state index in [4.69, 9.17) is 16.3 Å². The second kappa shape index (κ2) is 7.79. The minimum absolute atomic E-state index is 0.0943. The number of nitrogens with one attached hydrogen (secondary N) is 1. The van der Waals surface area contributed by atoms with Crippen molar-refractivity contribution in [1.82, 2.24) is 4.98 Å². The Balaban J connectivity index is 1.57. The number of pyridine rings is 1. The van der Waals surface area contributed by atoms with Gasteiger partial charge < -0.3 is 10.1 Å². The highest BCUT2D eigenvalue weighted by atomic mass is 35.5. The van der Waals surface area contributed by atoms with Gasteiger partial charge in [-0.05, 0) is 42.0 Å². The van der Waals surface area contributed by atoms with Gasteiger partial charge in [0.15, 0.2) is 0 Å². The van der Waals surface area contributed by atoms with Crippen LogP contribution in [0.1, 0.15) is 11.1 Å². The van der Waals surface area contributed by atoms with E-state index in [9.17, 15) is 4.39 Å². The first kappa shape index (κ1) is 16.3. The molecule has 1 aromatic heterocycles. The third-order valence-electron chi connectivity index (χ3n) is 3.51. The summed E-state index contributed by atoms with van der Waals surface area (Å²) in [6.45, 7) is 0.757. The van der Waals surface area contributed by atoms with E-state index in [0.29, 0.717) is 22.9 Å². The summed E-state index contributed by atoms with van der Waals surface area (Å²) in [4.78, 5) is 4.21. The van der Waals surface area contributed by atoms with E-state index in [1.807, 2.05) is 42.5 Å². The molecule has 3 rings (SSSR count). The van der Waals surface area contributed by atoms with Crippen molar-refractivity contribution in [3.63, 3.8) is 0 Å². The maximum Gasteiger partial charge on any atom is 0.131 e. The van der Waals surface area contributed by atoms with Crippen molar-refractivity contribution in [2.45, 2.75) is 13.2 Å². The van der Waals surface area contributed by atoms with Gasteiger partial charge in [0.2, 0.25) is 0 Å². The normalized spacial score (nSPS) is 10.4. The van der Waals surface area contributed by atoms with Crippen molar-refractivity contribution in [2.24, 2.45) is 0 Å². The Kier molecular flexibility index (Phi) is 5.29. The highest BCUT2D eigenvalue weighted by molar-refractivity contribution is 6.31. The van der Waals surface area contributed by atoms with Crippen LogP contribution in [0.4, 0.5) is 10.2 Å². The topological polar surface area (TPSA) is 34.1 Å². The molecule has 0 aliphatic rings. The molecule has 3 nitrogen and oxygen atoms in total. The first-order chi connectivity index (χ1) is 11.7. The highest BCUT2D eigenvalue weighted by Crippen LogP contribution is 2.21. The molecule has 0 saturated heterocycles. The van der Waals surface area contributed by atoms with Crippen molar-refractivity contribution in [2.75, 3.05) is 5.32 Å². The zero-order valence-corrected chi connectivity index (χ0v) is 13.6. The van der Waals surface area contributed by atoms with Crippen LogP contribution in [0.3, 0.4) is 0 Å². The van der Waals surface area contributed by atoms with E-state index in [2.05, 4.69) is 10.3 Å². The lowest BCUT2D eigenvalue weighted by molar-refractivity contribution is 0.300. The molecule has 0 amide bonds. The Bertz CT molecular complexity index is 774. The van der Waals surface area contributed by atoms with Crippen LogP contribution in [0.25, 0.3) is 0 Å². The molecule has 5 heteroatoms. The molecule has 0 unspecified atom stereocenters. The fourth-order valence-electron chi connectivity index (χ4n) is 2.19. The first-order valence-corrected chi connectivity index (χ1v) is 7.90. The van der Waals surface area contributed by atoms with Gasteiger partial charge in [-0.3, -0.25) is 0 Å². The van der Waals surface area contributed by atoms with Crippen LogP contribution in [0.2, 0.25) is 5.02 Å². The first-order valence-electron chi connectivity index (χ1n) is 7.52. The Morgan fingerprint density at radius 1 is 1.00 bits per heavy atom. The Morgan fingerprint density at radius 3 is 2.54 bits per heavy atom. The Morgan fingerprint density at radius 2 is 1.83 bits per heavy atom. The standard InChI is InChI=1S/C19H16ClFN2O/c20-17-4-3-5-18(21)16(17)13-24-15-9-7-14(8-10-15)12-23-19-6-1-2-11-22-19/h1-11H,12-13H2,(H,22,23). The number of ether oxygens (including phenoxy) is 1. The van der Waals surface area contributed by atoms with Crippen LogP contribution >= 0.6 is 11.6 Å². The van der Waals surface area contributed by atoms with E-state index in [0.717, 1.165) is 11.4 Å². The van der Waals surface area contributed by atoms with Crippen molar-refractivity contribution in [3.05, 3.63) is 88.8 Å². The second-order valence-corrected chi connectivity index (χ2v) is 5.61. The zero-order chi connectivity index (χ0) is 16.8. The minimum atomic E-state index is -0.362. The number of rotatable bonds is 6. The number of benzene rings is 2. The van der Waals surface area contributed by atoms with E-state index in [-0.39, 0.29) is 12.4 Å². The quantitative estimate of drug-likeness (QED) is 0.679. The lowest BCUT2D eigenvalue weighted by Gasteiger charge is -2.10.